The maximum absolute atomic E-state index is 11.7. The second-order valence-corrected chi connectivity index (χ2v) is 4.58. The van der Waals surface area contributed by atoms with E-state index in [1.807, 2.05) is 18.2 Å². The van der Waals surface area contributed by atoms with E-state index in [0.29, 0.717) is 16.6 Å². The zero-order valence-electron chi connectivity index (χ0n) is 11.0. The average Bonchev–Trinajstić information content (AvgIpc) is 2.79. The number of para-hydroxylation sites is 1. The molecular formula is C15H12N4O2. The largest absolute Gasteiger partial charge is 0.384 e. The average molecular weight is 280 g/mol. The van der Waals surface area contributed by atoms with Crippen LogP contribution in [0.15, 0.2) is 53.7 Å². The topological polar surface area (TPSA) is 103 Å². The molecule has 0 aliphatic carbocycles. The fourth-order valence-electron chi connectivity index (χ4n) is 2.46. The van der Waals surface area contributed by atoms with Gasteiger partial charge >= 0.3 is 0 Å². The number of hydrogen-bond acceptors (Lipinski definition) is 4. The van der Waals surface area contributed by atoms with E-state index in [4.69, 9.17) is 11.5 Å². The molecule has 4 N–H and O–H groups in total. The number of amides is 1. The Labute approximate surface area is 119 Å². The van der Waals surface area contributed by atoms with Crippen molar-refractivity contribution in [3.8, 4) is 5.69 Å². The summed E-state index contributed by atoms with van der Waals surface area (Å²) < 4.78 is 1.73. The standard InChI is InChI=1S/C15H12N4O2/c16-14-13(15(17)20)11-3-1-2-4-12(11)19(14)10-7-5-9(18-21)6-8-10/h1-8H,16H2,(H2,17,20). The van der Waals surface area contributed by atoms with Crippen molar-refractivity contribution >= 4 is 28.3 Å². The van der Waals surface area contributed by atoms with E-state index in [1.165, 1.54) is 0 Å². The monoisotopic (exact) mass is 280 g/mol. The predicted molar refractivity (Wildman–Crippen MR) is 81.7 cm³/mol. The highest BCUT2D eigenvalue weighted by Crippen LogP contribution is 2.31. The summed E-state index contributed by atoms with van der Waals surface area (Å²) in [5.41, 5.74) is 13.6. The molecule has 0 spiro atoms. The molecule has 1 aromatic heterocycles. The second kappa shape index (κ2) is 4.75. The molecule has 6 nitrogen and oxygen atoms in total. The van der Waals surface area contributed by atoms with Gasteiger partial charge in [0.2, 0.25) is 0 Å². The van der Waals surface area contributed by atoms with Crippen molar-refractivity contribution in [2.24, 2.45) is 10.9 Å². The number of rotatable bonds is 3. The minimum absolute atomic E-state index is 0.274. The van der Waals surface area contributed by atoms with E-state index in [1.54, 1.807) is 34.9 Å². The van der Waals surface area contributed by atoms with Crippen LogP contribution in [0.1, 0.15) is 10.4 Å². The summed E-state index contributed by atoms with van der Waals surface area (Å²) >= 11 is 0. The third-order valence-electron chi connectivity index (χ3n) is 3.37. The van der Waals surface area contributed by atoms with Gasteiger partial charge in [-0.1, -0.05) is 18.2 Å². The van der Waals surface area contributed by atoms with Gasteiger partial charge in [-0.3, -0.25) is 9.36 Å². The summed E-state index contributed by atoms with van der Waals surface area (Å²) in [7, 11) is 0. The molecule has 0 fully saturated rings. The molecule has 1 amide bonds. The summed E-state index contributed by atoms with van der Waals surface area (Å²) in [5, 5.41) is 3.55. The fraction of sp³-hybridized carbons (Fsp3) is 0. The normalized spacial score (nSPS) is 10.7. The Kier molecular flexibility index (Phi) is 2.91. The lowest BCUT2D eigenvalue weighted by Gasteiger charge is -2.08. The van der Waals surface area contributed by atoms with Crippen molar-refractivity contribution in [3.05, 3.63) is 59.0 Å². The van der Waals surface area contributed by atoms with Crippen molar-refractivity contribution in [2.45, 2.75) is 0 Å². The van der Waals surface area contributed by atoms with Crippen LogP contribution in [0.4, 0.5) is 11.5 Å². The van der Waals surface area contributed by atoms with Crippen molar-refractivity contribution in [2.75, 3.05) is 5.73 Å². The second-order valence-electron chi connectivity index (χ2n) is 4.58. The minimum atomic E-state index is -0.575. The van der Waals surface area contributed by atoms with Crippen LogP contribution in [-0.2, 0) is 0 Å². The van der Waals surface area contributed by atoms with Gasteiger partial charge in [0.25, 0.3) is 5.91 Å². The molecule has 3 aromatic rings. The molecule has 0 saturated carbocycles. The smallest absolute Gasteiger partial charge is 0.253 e. The summed E-state index contributed by atoms with van der Waals surface area (Å²) in [6.07, 6.45) is 0. The zero-order valence-corrected chi connectivity index (χ0v) is 11.0. The molecule has 2 aromatic carbocycles. The van der Waals surface area contributed by atoms with E-state index >= 15 is 0 Å². The van der Waals surface area contributed by atoms with Gasteiger partial charge in [0.05, 0.1) is 11.1 Å². The Morgan fingerprint density at radius 1 is 1.05 bits per heavy atom. The number of fused-ring (bicyclic) bond motifs is 1. The molecule has 0 aliphatic rings. The maximum Gasteiger partial charge on any atom is 0.253 e. The van der Waals surface area contributed by atoms with E-state index in [2.05, 4.69) is 5.18 Å². The first-order valence-electron chi connectivity index (χ1n) is 6.26. The Morgan fingerprint density at radius 3 is 2.33 bits per heavy atom. The SMILES string of the molecule is NC(=O)c1c(N)n(-c2ccc(N=O)cc2)c2ccccc12. The molecule has 3 rings (SSSR count). The predicted octanol–water partition coefficient (Wildman–Crippen LogP) is 2.71. The Balaban J connectivity index is 2.33. The van der Waals surface area contributed by atoms with Gasteiger partial charge in [0, 0.05) is 11.1 Å². The van der Waals surface area contributed by atoms with Crippen LogP contribution in [0.5, 0.6) is 0 Å². The molecule has 6 heteroatoms. The number of hydrogen-bond donors (Lipinski definition) is 2. The van der Waals surface area contributed by atoms with Gasteiger partial charge in [-0.05, 0) is 35.5 Å². The highest BCUT2D eigenvalue weighted by Gasteiger charge is 2.19. The number of nitrogen functional groups attached to an aromatic ring is 1. The Morgan fingerprint density at radius 2 is 1.71 bits per heavy atom. The molecule has 21 heavy (non-hydrogen) atoms. The van der Waals surface area contributed by atoms with Gasteiger partial charge in [-0.15, -0.1) is 4.91 Å². The Bertz CT molecular complexity index is 850. The molecule has 1 heterocycles. The fourth-order valence-corrected chi connectivity index (χ4v) is 2.46. The van der Waals surface area contributed by atoms with Crippen LogP contribution < -0.4 is 11.5 Å². The van der Waals surface area contributed by atoms with E-state index in [-0.39, 0.29) is 5.82 Å². The van der Waals surface area contributed by atoms with Crippen LogP contribution in [-0.4, -0.2) is 10.5 Å². The van der Waals surface area contributed by atoms with Gasteiger partial charge in [0.15, 0.2) is 0 Å². The van der Waals surface area contributed by atoms with Gasteiger partial charge in [-0.25, -0.2) is 0 Å². The van der Waals surface area contributed by atoms with Crippen molar-refractivity contribution in [1.29, 1.82) is 0 Å². The summed E-state index contributed by atoms with van der Waals surface area (Å²) in [6, 6.07) is 13.9. The number of nitroso groups, excluding NO2 is 1. The quantitative estimate of drug-likeness (QED) is 0.721. The van der Waals surface area contributed by atoms with E-state index < -0.39 is 5.91 Å². The van der Waals surface area contributed by atoms with Crippen molar-refractivity contribution < 1.29 is 4.79 Å². The van der Waals surface area contributed by atoms with E-state index in [9.17, 15) is 9.70 Å². The number of carbonyl (C=O) groups excluding carboxylic acids is 1. The third-order valence-corrected chi connectivity index (χ3v) is 3.37. The first-order valence-corrected chi connectivity index (χ1v) is 6.26. The van der Waals surface area contributed by atoms with Crippen LogP contribution in [0, 0.1) is 4.91 Å². The van der Waals surface area contributed by atoms with Crippen molar-refractivity contribution in [3.63, 3.8) is 0 Å². The van der Waals surface area contributed by atoms with Crippen molar-refractivity contribution in [1.82, 2.24) is 4.57 Å². The molecule has 0 atom stereocenters. The van der Waals surface area contributed by atoms with Crippen LogP contribution in [0.2, 0.25) is 0 Å². The molecular weight excluding hydrogens is 268 g/mol. The highest BCUT2D eigenvalue weighted by atomic mass is 16.3. The van der Waals surface area contributed by atoms with Gasteiger partial charge < -0.3 is 11.5 Å². The van der Waals surface area contributed by atoms with Crippen LogP contribution >= 0.6 is 0 Å². The number of nitrogens with two attached hydrogens (primary N) is 2. The third kappa shape index (κ3) is 1.93. The maximum atomic E-state index is 11.7. The molecule has 0 radical (unpaired) electrons. The first kappa shape index (κ1) is 12.9. The summed E-state index contributed by atoms with van der Waals surface area (Å²) in [6.45, 7) is 0. The molecule has 0 saturated heterocycles. The highest BCUT2D eigenvalue weighted by molar-refractivity contribution is 6.11. The first-order chi connectivity index (χ1) is 10.1. The lowest BCUT2D eigenvalue weighted by molar-refractivity contribution is 0.100. The molecule has 0 bridgehead atoms. The summed E-state index contributed by atoms with van der Waals surface area (Å²) in [4.78, 5) is 22.1. The van der Waals surface area contributed by atoms with Gasteiger partial charge in [0.1, 0.15) is 11.5 Å². The number of carbonyl (C=O) groups is 1. The number of aromatic nitrogens is 1. The van der Waals surface area contributed by atoms with Crippen LogP contribution in [0.25, 0.3) is 16.6 Å². The minimum Gasteiger partial charge on any atom is -0.384 e. The molecule has 0 unspecified atom stereocenters. The lowest BCUT2D eigenvalue weighted by Crippen LogP contribution is -2.13. The van der Waals surface area contributed by atoms with E-state index in [0.717, 1.165) is 11.2 Å². The number of primary amides is 1. The molecule has 0 aliphatic heterocycles. The van der Waals surface area contributed by atoms with Crippen LogP contribution in [0.3, 0.4) is 0 Å². The number of anilines is 1. The zero-order chi connectivity index (χ0) is 15.0. The molecule has 104 valence electrons. The number of benzene rings is 2. The van der Waals surface area contributed by atoms with Gasteiger partial charge in [-0.2, -0.15) is 0 Å². The Hall–Kier alpha value is -3.15. The summed E-state index contributed by atoms with van der Waals surface area (Å²) in [5.74, 6) is -0.302. The lowest BCUT2D eigenvalue weighted by atomic mass is 10.1. The number of nitrogens with zero attached hydrogens (tertiary/aromatic N) is 2.